The van der Waals surface area contributed by atoms with Gasteiger partial charge < -0.3 is 5.32 Å². The molecule has 0 bridgehead atoms. The summed E-state index contributed by atoms with van der Waals surface area (Å²) in [5.41, 5.74) is 1.80. The number of benzene rings is 1. The number of aryl methyl sites for hydroxylation is 1. The third-order valence-corrected chi connectivity index (χ3v) is 4.78. The van der Waals surface area contributed by atoms with E-state index in [1.807, 2.05) is 6.07 Å². The van der Waals surface area contributed by atoms with Crippen molar-refractivity contribution in [2.45, 2.75) is 51.0 Å². The molecule has 1 saturated carbocycles. The van der Waals surface area contributed by atoms with Gasteiger partial charge in [0, 0.05) is 0 Å². The minimum absolute atomic E-state index is 0.0563. The van der Waals surface area contributed by atoms with Crippen LogP contribution in [0.25, 0.3) is 0 Å². The summed E-state index contributed by atoms with van der Waals surface area (Å²) in [5, 5.41) is 12.5. The van der Waals surface area contributed by atoms with Crippen LogP contribution in [0.1, 0.15) is 55.7 Å². The van der Waals surface area contributed by atoms with E-state index in [0.29, 0.717) is 12.8 Å². The topological polar surface area (TPSA) is 52.9 Å². The molecule has 0 heterocycles. The molecule has 20 heavy (non-hydrogen) atoms. The number of rotatable bonds is 2. The number of hydrogen-bond donors (Lipinski definition) is 1. The number of nitrogens with zero attached hydrogens (tertiary/aromatic N) is 1. The van der Waals surface area contributed by atoms with E-state index >= 15 is 0 Å². The average Bonchev–Trinajstić information content (AvgIpc) is 2.98. The van der Waals surface area contributed by atoms with Gasteiger partial charge in [0.15, 0.2) is 0 Å². The lowest BCUT2D eigenvalue weighted by molar-refractivity contribution is -0.128. The molecule has 2 aliphatic carbocycles. The highest BCUT2D eigenvalue weighted by molar-refractivity contribution is 5.86. The number of amides is 1. The van der Waals surface area contributed by atoms with Gasteiger partial charge in [0.2, 0.25) is 5.91 Å². The molecule has 1 amide bonds. The van der Waals surface area contributed by atoms with Gasteiger partial charge in [-0.3, -0.25) is 4.79 Å². The molecule has 104 valence electrons. The second-order valence-corrected chi connectivity index (χ2v) is 6.02. The maximum Gasteiger partial charge on any atom is 0.240 e. The summed E-state index contributed by atoms with van der Waals surface area (Å²) in [6.07, 6.45) is 6.57. The monoisotopic (exact) mass is 268 g/mol. The lowest BCUT2D eigenvalue weighted by atomic mass is 9.84. The van der Waals surface area contributed by atoms with Crippen molar-refractivity contribution in [1.29, 1.82) is 5.26 Å². The fraction of sp³-hybridized carbons (Fsp3) is 0.529. The number of hydrogen-bond acceptors (Lipinski definition) is 2. The minimum atomic E-state index is -0.771. The molecule has 0 aromatic heterocycles. The zero-order valence-electron chi connectivity index (χ0n) is 11.7. The molecular weight excluding hydrogens is 248 g/mol. The lowest BCUT2D eigenvalue weighted by Crippen LogP contribution is -2.41. The Morgan fingerprint density at radius 1 is 1.25 bits per heavy atom. The highest BCUT2D eigenvalue weighted by Gasteiger charge is 2.42. The molecule has 1 fully saturated rings. The Hall–Kier alpha value is -1.82. The zero-order valence-corrected chi connectivity index (χ0v) is 11.7. The molecule has 3 nitrogen and oxygen atoms in total. The fourth-order valence-electron chi connectivity index (χ4n) is 3.57. The largest absolute Gasteiger partial charge is 0.348 e. The van der Waals surface area contributed by atoms with Crippen LogP contribution in [0, 0.1) is 16.7 Å². The molecule has 0 spiro atoms. The van der Waals surface area contributed by atoms with Crippen molar-refractivity contribution in [3.63, 3.8) is 0 Å². The second-order valence-electron chi connectivity index (χ2n) is 6.02. The molecule has 3 heteroatoms. The van der Waals surface area contributed by atoms with Crippen molar-refractivity contribution in [3.05, 3.63) is 35.4 Å². The first-order valence-corrected chi connectivity index (χ1v) is 7.55. The summed E-state index contributed by atoms with van der Waals surface area (Å²) >= 11 is 0. The molecule has 1 atom stereocenters. The number of nitriles is 1. The summed E-state index contributed by atoms with van der Waals surface area (Å²) in [6, 6.07) is 10.7. The molecule has 1 aromatic carbocycles. The van der Waals surface area contributed by atoms with Crippen LogP contribution < -0.4 is 5.32 Å². The number of carbonyl (C=O) groups is 1. The van der Waals surface area contributed by atoms with Crippen molar-refractivity contribution in [2.24, 2.45) is 5.41 Å². The highest BCUT2D eigenvalue weighted by atomic mass is 16.2. The van der Waals surface area contributed by atoms with E-state index in [1.54, 1.807) is 0 Å². The molecule has 1 aromatic rings. The summed E-state index contributed by atoms with van der Waals surface area (Å²) in [5.74, 6) is -0.0563. The number of nitrogens with one attached hydrogen (secondary N) is 1. The third-order valence-electron chi connectivity index (χ3n) is 4.78. The van der Waals surface area contributed by atoms with E-state index in [1.165, 1.54) is 11.1 Å². The van der Waals surface area contributed by atoms with E-state index in [9.17, 15) is 10.1 Å². The Morgan fingerprint density at radius 2 is 2.00 bits per heavy atom. The first kappa shape index (κ1) is 13.2. The molecule has 0 saturated heterocycles. The molecular formula is C17H20N2O. The van der Waals surface area contributed by atoms with Gasteiger partial charge in [0.1, 0.15) is 5.41 Å². The molecule has 0 aliphatic heterocycles. The summed E-state index contributed by atoms with van der Waals surface area (Å²) in [7, 11) is 0. The van der Waals surface area contributed by atoms with Gasteiger partial charge in [-0.1, -0.05) is 37.1 Å². The van der Waals surface area contributed by atoms with Gasteiger partial charge in [-0.05, 0) is 43.2 Å². The third kappa shape index (κ3) is 2.20. The first-order valence-electron chi connectivity index (χ1n) is 7.55. The van der Waals surface area contributed by atoms with E-state index in [-0.39, 0.29) is 11.9 Å². The number of fused-ring (bicyclic) bond motifs is 1. The Morgan fingerprint density at radius 3 is 2.75 bits per heavy atom. The Kier molecular flexibility index (Phi) is 3.48. The van der Waals surface area contributed by atoms with Gasteiger partial charge in [-0.15, -0.1) is 0 Å². The smallest absolute Gasteiger partial charge is 0.240 e. The van der Waals surface area contributed by atoms with Crippen LogP contribution in [-0.4, -0.2) is 5.91 Å². The van der Waals surface area contributed by atoms with Crippen LogP contribution in [0.5, 0.6) is 0 Å². The number of carbonyl (C=O) groups excluding carboxylic acids is 1. The van der Waals surface area contributed by atoms with Crippen LogP contribution >= 0.6 is 0 Å². The Balaban J connectivity index is 1.79. The molecule has 1 unspecified atom stereocenters. The zero-order chi connectivity index (χ0) is 14.0. The highest BCUT2D eigenvalue weighted by Crippen LogP contribution is 2.39. The van der Waals surface area contributed by atoms with E-state index in [0.717, 1.165) is 32.1 Å². The predicted molar refractivity (Wildman–Crippen MR) is 76.8 cm³/mol. The molecule has 0 radical (unpaired) electrons. The van der Waals surface area contributed by atoms with Crippen molar-refractivity contribution in [2.75, 3.05) is 0 Å². The van der Waals surface area contributed by atoms with Gasteiger partial charge in [0.05, 0.1) is 12.1 Å². The second kappa shape index (κ2) is 5.28. The first-order chi connectivity index (χ1) is 9.75. The van der Waals surface area contributed by atoms with E-state index in [2.05, 4.69) is 29.6 Å². The average molecular weight is 268 g/mol. The lowest BCUT2D eigenvalue weighted by Gasteiger charge is -2.29. The molecule has 3 rings (SSSR count). The van der Waals surface area contributed by atoms with Gasteiger partial charge in [-0.2, -0.15) is 5.26 Å². The van der Waals surface area contributed by atoms with E-state index < -0.39 is 5.41 Å². The van der Waals surface area contributed by atoms with Crippen molar-refractivity contribution in [3.8, 4) is 6.07 Å². The quantitative estimate of drug-likeness (QED) is 0.895. The van der Waals surface area contributed by atoms with Gasteiger partial charge in [-0.25, -0.2) is 0 Å². The van der Waals surface area contributed by atoms with Crippen molar-refractivity contribution in [1.82, 2.24) is 5.32 Å². The maximum absolute atomic E-state index is 12.5. The maximum atomic E-state index is 12.5. The minimum Gasteiger partial charge on any atom is -0.348 e. The van der Waals surface area contributed by atoms with Gasteiger partial charge >= 0.3 is 0 Å². The predicted octanol–water partition coefficient (Wildman–Crippen LogP) is 3.26. The van der Waals surface area contributed by atoms with Crippen LogP contribution in [0.15, 0.2) is 24.3 Å². The Labute approximate surface area is 120 Å². The van der Waals surface area contributed by atoms with Gasteiger partial charge in [0.25, 0.3) is 0 Å². The normalized spacial score (nSPS) is 23.6. The van der Waals surface area contributed by atoms with E-state index in [4.69, 9.17) is 0 Å². The Bertz CT molecular complexity index is 552. The summed E-state index contributed by atoms with van der Waals surface area (Å²) < 4.78 is 0. The standard InChI is InChI=1S/C17H20N2O/c18-12-17(10-3-4-11-17)16(20)19-15-9-5-7-13-6-1-2-8-14(13)15/h1-2,6,8,15H,3-5,7,9-11H2,(H,19,20). The van der Waals surface area contributed by atoms with Crippen LogP contribution in [-0.2, 0) is 11.2 Å². The molecule has 2 aliphatic rings. The van der Waals surface area contributed by atoms with Crippen LogP contribution in [0.2, 0.25) is 0 Å². The molecule has 1 N–H and O–H groups in total. The summed E-state index contributed by atoms with van der Waals surface area (Å²) in [4.78, 5) is 12.5. The van der Waals surface area contributed by atoms with Crippen molar-refractivity contribution >= 4 is 5.91 Å². The summed E-state index contributed by atoms with van der Waals surface area (Å²) in [6.45, 7) is 0. The fourth-order valence-corrected chi connectivity index (χ4v) is 3.57. The SMILES string of the molecule is N#CC1(C(=O)NC2CCCc3ccccc32)CCCC1. The van der Waals surface area contributed by atoms with Crippen LogP contribution in [0.3, 0.4) is 0 Å². The van der Waals surface area contributed by atoms with Crippen LogP contribution in [0.4, 0.5) is 0 Å². The van der Waals surface area contributed by atoms with Crippen molar-refractivity contribution < 1.29 is 4.79 Å².